The molecular weight excluding hydrogens is 238 g/mol. The molecule has 2 rings (SSSR count). The summed E-state index contributed by atoms with van der Waals surface area (Å²) < 4.78 is 27.1. The largest absolute Gasteiger partial charge is 0.380 e. The Morgan fingerprint density at radius 3 is 2.61 bits per heavy atom. The first-order valence-corrected chi connectivity index (χ1v) is 5.41. The van der Waals surface area contributed by atoms with E-state index in [-0.39, 0.29) is 5.56 Å². The van der Waals surface area contributed by atoms with E-state index in [0.717, 1.165) is 17.8 Å². The standard InChI is InChI=1S/C13H12F2N2O/c1-17-8-10(3-5-13(17)18)16-7-9-2-4-11(14)12(15)6-9/h2-6,8,16H,7H2,1H3. The fourth-order valence-corrected chi connectivity index (χ4v) is 1.55. The van der Waals surface area contributed by atoms with E-state index in [9.17, 15) is 13.6 Å². The van der Waals surface area contributed by atoms with Crippen LogP contribution in [0.15, 0.2) is 41.3 Å². The average molecular weight is 250 g/mol. The van der Waals surface area contributed by atoms with Gasteiger partial charge in [-0.1, -0.05) is 6.07 Å². The lowest BCUT2D eigenvalue weighted by atomic mass is 10.2. The summed E-state index contributed by atoms with van der Waals surface area (Å²) in [7, 11) is 1.64. The Balaban J connectivity index is 2.09. The van der Waals surface area contributed by atoms with Crippen LogP contribution in [-0.4, -0.2) is 4.57 Å². The number of nitrogens with one attached hydrogen (secondary N) is 1. The van der Waals surface area contributed by atoms with E-state index < -0.39 is 11.6 Å². The van der Waals surface area contributed by atoms with Crippen molar-refractivity contribution >= 4 is 5.69 Å². The van der Waals surface area contributed by atoms with Gasteiger partial charge in [0.15, 0.2) is 11.6 Å². The normalized spacial score (nSPS) is 10.4. The van der Waals surface area contributed by atoms with E-state index in [1.807, 2.05) is 0 Å². The van der Waals surface area contributed by atoms with Gasteiger partial charge in [0.1, 0.15) is 0 Å². The van der Waals surface area contributed by atoms with Gasteiger partial charge < -0.3 is 9.88 Å². The summed E-state index contributed by atoms with van der Waals surface area (Å²) in [6.07, 6.45) is 1.64. The van der Waals surface area contributed by atoms with Gasteiger partial charge in [0, 0.05) is 25.9 Å². The highest BCUT2D eigenvalue weighted by molar-refractivity contribution is 5.41. The summed E-state index contributed by atoms with van der Waals surface area (Å²) in [6, 6.07) is 6.82. The highest BCUT2D eigenvalue weighted by atomic mass is 19.2. The number of halogens is 2. The SMILES string of the molecule is Cn1cc(NCc2ccc(F)c(F)c2)ccc1=O. The number of hydrogen-bond donors (Lipinski definition) is 1. The van der Waals surface area contributed by atoms with Crippen molar-refractivity contribution in [1.82, 2.24) is 4.57 Å². The molecule has 0 saturated heterocycles. The summed E-state index contributed by atoms with van der Waals surface area (Å²) >= 11 is 0. The van der Waals surface area contributed by atoms with Crippen molar-refractivity contribution < 1.29 is 8.78 Å². The van der Waals surface area contributed by atoms with Gasteiger partial charge in [-0.05, 0) is 23.8 Å². The minimum absolute atomic E-state index is 0.103. The number of rotatable bonds is 3. The van der Waals surface area contributed by atoms with E-state index in [2.05, 4.69) is 5.32 Å². The molecule has 3 nitrogen and oxygen atoms in total. The van der Waals surface area contributed by atoms with Crippen molar-refractivity contribution in [1.29, 1.82) is 0 Å². The van der Waals surface area contributed by atoms with E-state index in [4.69, 9.17) is 0 Å². The third kappa shape index (κ3) is 2.74. The first-order chi connectivity index (χ1) is 8.56. The second-order valence-electron chi connectivity index (χ2n) is 3.97. The molecule has 0 aliphatic rings. The number of nitrogens with zero attached hydrogens (tertiary/aromatic N) is 1. The minimum Gasteiger partial charge on any atom is -0.380 e. The van der Waals surface area contributed by atoms with Crippen LogP contribution in [0, 0.1) is 11.6 Å². The number of aryl methyl sites for hydroxylation is 1. The van der Waals surface area contributed by atoms with Crippen molar-refractivity contribution in [3.05, 3.63) is 64.1 Å². The molecule has 1 heterocycles. The first-order valence-electron chi connectivity index (χ1n) is 5.41. The van der Waals surface area contributed by atoms with Crippen LogP contribution >= 0.6 is 0 Å². The van der Waals surface area contributed by atoms with Crippen molar-refractivity contribution in [3.63, 3.8) is 0 Å². The maximum Gasteiger partial charge on any atom is 0.250 e. The zero-order valence-corrected chi connectivity index (χ0v) is 9.78. The molecule has 0 atom stereocenters. The van der Waals surface area contributed by atoms with Gasteiger partial charge in [-0.25, -0.2) is 8.78 Å². The molecule has 5 heteroatoms. The molecule has 0 fully saturated rings. The number of pyridine rings is 1. The lowest BCUT2D eigenvalue weighted by Gasteiger charge is -2.08. The average Bonchev–Trinajstić information content (AvgIpc) is 2.35. The van der Waals surface area contributed by atoms with Crippen LogP contribution in [-0.2, 0) is 13.6 Å². The van der Waals surface area contributed by atoms with Gasteiger partial charge >= 0.3 is 0 Å². The molecule has 0 bridgehead atoms. The topological polar surface area (TPSA) is 34.0 Å². The Bertz CT molecular complexity index is 623. The Labute approximate surface area is 103 Å². The van der Waals surface area contributed by atoms with Gasteiger partial charge in [-0.15, -0.1) is 0 Å². The van der Waals surface area contributed by atoms with Crippen LogP contribution in [0.4, 0.5) is 14.5 Å². The third-order valence-corrected chi connectivity index (χ3v) is 2.57. The zero-order valence-electron chi connectivity index (χ0n) is 9.78. The van der Waals surface area contributed by atoms with Gasteiger partial charge in [0.25, 0.3) is 0 Å². The monoisotopic (exact) mass is 250 g/mol. The Hall–Kier alpha value is -2.17. The van der Waals surface area contributed by atoms with Crippen molar-refractivity contribution in [3.8, 4) is 0 Å². The predicted octanol–water partition coefficient (Wildman–Crippen LogP) is 2.28. The van der Waals surface area contributed by atoms with Crippen LogP contribution in [0.1, 0.15) is 5.56 Å². The Morgan fingerprint density at radius 2 is 1.94 bits per heavy atom. The molecule has 0 saturated carbocycles. The van der Waals surface area contributed by atoms with Gasteiger partial charge in [0.05, 0.1) is 5.69 Å². The lowest BCUT2D eigenvalue weighted by molar-refractivity contribution is 0.507. The molecule has 1 N–H and O–H groups in total. The van der Waals surface area contributed by atoms with Crippen LogP contribution in [0.3, 0.4) is 0 Å². The van der Waals surface area contributed by atoms with Crippen LogP contribution in [0.5, 0.6) is 0 Å². The maximum atomic E-state index is 13.0. The molecule has 18 heavy (non-hydrogen) atoms. The Kier molecular flexibility index (Phi) is 3.41. The van der Waals surface area contributed by atoms with Crippen molar-refractivity contribution in [2.75, 3.05) is 5.32 Å². The molecule has 0 radical (unpaired) electrons. The molecule has 0 spiro atoms. The maximum absolute atomic E-state index is 13.0. The summed E-state index contributed by atoms with van der Waals surface area (Å²) in [4.78, 5) is 11.2. The molecule has 94 valence electrons. The highest BCUT2D eigenvalue weighted by Crippen LogP contribution is 2.11. The quantitative estimate of drug-likeness (QED) is 0.906. The van der Waals surface area contributed by atoms with Crippen LogP contribution < -0.4 is 10.9 Å². The highest BCUT2D eigenvalue weighted by Gasteiger charge is 2.02. The minimum atomic E-state index is -0.866. The first kappa shape index (κ1) is 12.3. The molecule has 0 aliphatic carbocycles. The van der Waals surface area contributed by atoms with E-state index in [1.165, 1.54) is 16.7 Å². The number of anilines is 1. The van der Waals surface area contributed by atoms with E-state index in [0.29, 0.717) is 12.1 Å². The van der Waals surface area contributed by atoms with Gasteiger partial charge in [-0.3, -0.25) is 4.79 Å². The number of benzene rings is 1. The second-order valence-corrected chi connectivity index (χ2v) is 3.97. The second kappa shape index (κ2) is 5.00. The fourth-order valence-electron chi connectivity index (χ4n) is 1.55. The number of aromatic nitrogens is 1. The molecular formula is C13H12F2N2O. The fraction of sp³-hybridized carbons (Fsp3) is 0.154. The molecule has 2 aromatic rings. The molecule has 1 aromatic carbocycles. The smallest absolute Gasteiger partial charge is 0.250 e. The Morgan fingerprint density at radius 1 is 1.17 bits per heavy atom. The summed E-state index contributed by atoms with van der Waals surface area (Å²) in [5.41, 5.74) is 1.26. The van der Waals surface area contributed by atoms with Gasteiger partial charge in [0.2, 0.25) is 5.56 Å². The summed E-state index contributed by atoms with van der Waals surface area (Å²) in [6.45, 7) is 0.357. The predicted molar refractivity (Wildman–Crippen MR) is 65.4 cm³/mol. The summed E-state index contributed by atoms with van der Waals surface area (Å²) in [5, 5.41) is 3.03. The van der Waals surface area contributed by atoms with Crippen LogP contribution in [0.25, 0.3) is 0 Å². The third-order valence-electron chi connectivity index (χ3n) is 2.57. The molecule has 1 aromatic heterocycles. The van der Waals surface area contributed by atoms with Crippen molar-refractivity contribution in [2.45, 2.75) is 6.54 Å². The van der Waals surface area contributed by atoms with E-state index >= 15 is 0 Å². The molecule has 0 unspecified atom stereocenters. The van der Waals surface area contributed by atoms with Crippen molar-refractivity contribution in [2.24, 2.45) is 7.05 Å². The van der Waals surface area contributed by atoms with Crippen LogP contribution in [0.2, 0.25) is 0 Å². The van der Waals surface area contributed by atoms with E-state index in [1.54, 1.807) is 19.3 Å². The zero-order chi connectivity index (χ0) is 13.1. The molecule has 0 amide bonds. The summed E-state index contributed by atoms with van der Waals surface area (Å²) in [5.74, 6) is -1.73. The number of hydrogen-bond acceptors (Lipinski definition) is 2. The molecule has 0 aliphatic heterocycles. The van der Waals surface area contributed by atoms with Gasteiger partial charge in [-0.2, -0.15) is 0 Å². The lowest BCUT2D eigenvalue weighted by Crippen LogP contribution is -2.15.